The molecule has 1 aromatic heterocycles. The highest BCUT2D eigenvalue weighted by molar-refractivity contribution is 7.12. The predicted molar refractivity (Wildman–Crippen MR) is 86.4 cm³/mol. The van der Waals surface area contributed by atoms with Crippen molar-refractivity contribution in [2.45, 2.75) is 51.2 Å². The van der Waals surface area contributed by atoms with Crippen LogP contribution in [0.2, 0.25) is 0 Å². The lowest BCUT2D eigenvalue weighted by Gasteiger charge is -2.43. The quantitative estimate of drug-likeness (QED) is 0.927. The van der Waals surface area contributed by atoms with E-state index in [1.54, 1.807) is 0 Å². The van der Waals surface area contributed by atoms with Crippen molar-refractivity contribution in [1.29, 1.82) is 0 Å². The monoisotopic (exact) mass is 307 g/mol. The second kappa shape index (κ2) is 6.07. The summed E-state index contributed by atoms with van der Waals surface area (Å²) >= 11 is 1.86. The molecule has 2 aliphatic heterocycles. The maximum atomic E-state index is 11.8. The summed E-state index contributed by atoms with van der Waals surface area (Å²) in [5, 5.41) is 0. The number of hydrogen-bond acceptors (Lipinski definition) is 4. The average Bonchev–Trinajstić information content (AvgIpc) is 3.06. The fraction of sp³-hybridized carbons (Fsp3) is 0.688. The zero-order chi connectivity index (χ0) is 15.0. The van der Waals surface area contributed by atoms with Gasteiger partial charge in [-0.15, -0.1) is 11.3 Å². The molecular weight excluding hydrogens is 282 g/mol. The Morgan fingerprint density at radius 1 is 1.43 bits per heavy atom. The fourth-order valence-electron chi connectivity index (χ4n) is 3.64. The van der Waals surface area contributed by atoms with Crippen molar-refractivity contribution in [3.05, 3.63) is 21.9 Å². The van der Waals surface area contributed by atoms with E-state index in [4.69, 9.17) is 5.73 Å². The van der Waals surface area contributed by atoms with Crippen LogP contribution in [0.15, 0.2) is 12.1 Å². The highest BCUT2D eigenvalue weighted by Crippen LogP contribution is 2.34. The summed E-state index contributed by atoms with van der Waals surface area (Å²) in [7, 11) is 0. The van der Waals surface area contributed by atoms with Gasteiger partial charge in [0.15, 0.2) is 0 Å². The molecule has 116 valence electrons. The first kappa shape index (κ1) is 15.0. The third kappa shape index (κ3) is 2.87. The minimum atomic E-state index is 0.159. The Labute approximate surface area is 130 Å². The van der Waals surface area contributed by atoms with Gasteiger partial charge in [0.05, 0.1) is 6.04 Å². The van der Waals surface area contributed by atoms with Crippen LogP contribution in [0.5, 0.6) is 0 Å². The van der Waals surface area contributed by atoms with E-state index in [1.807, 2.05) is 11.3 Å². The molecule has 1 aromatic rings. The molecule has 3 unspecified atom stereocenters. The van der Waals surface area contributed by atoms with Crippen LogP contribution in [-0.2, 0) is 4.79 Å². The summed E-state index contributed by atoms with van der Waals surface area (Å²) in [6.45, 7) is 7.09. The van der Waals surface area contributed by atoms with Crippen LogP contribution in [0.1, 0.15) is 42.0 Å². The molecule has 0 saturated carbocycles. The number of thiophene rings is 1. The largest absolute Gasteiger partial charge is 0.337 e. The summed E-state index contributed by atoms with van der Waals surface area (Å²) in [6.07, 6.45) is 2.71. The van der Waals surface area contributed by atoms with Crippen LogP contribution in [0, 0.1) is 6.92 Å². The molecule has 4 nitrogen and oxygen atoms in total. The van der Waals surface area contributed by atoms with Crippen molar-refractivity contribution in [2.75, 3.05) is 19.6 Å². The minimum absolute atomic E-state index is 0.159. The smallest absolute Gasteiger partial charge is 0.222 e. The molecule has 0 bridgehead atoms. The van der Waals surface area contributed by atoms with Crippen LogP contribution in [0.4, 0.5) is 0 Å². The standard InChI is InChI=1S/C16H25N3OS/c1-3-13(17)16(14-6-4-11(2)21-14)18-8-9-19-12(10-18)5-7-15(19)20/h4,6,12-13,16H,3,5,7-10,17H2,1-2H3. The van der Waals surface area contributed by atoms with Gasteiger partial charge < -0.3 is 10.6 Å². The van der Waals surface area contributed by atoms with Gasteiger partial charge in [-0.1, -0.05) is 6.92 Å². The van der Waals surface area contributed by atoms with Crippen LogP contribution < -0.4 is 5.73 Å². The number of nitrogens with zero attached hydrogens (tertiary/aromatic N) is 2. The Hall–Kier alpha value is -0.910. The lowest BCUT2D eigenvalue weighted by molar-refractivity contribution is -0.131. The molecule has 1 amide bonds. The molecule has 3 rings (SSSR count). The van der Waals surface area contributed by atoms with E-state index >= 15 is 0 Å². The molecule has 2 N–H and O–H groups in total. The first-order valence-electron chi connectivity index (χ1n) is 7.95. The number of carbonyl (C=O) groups is 1. The number of hydrogen-bond donors (Lipinski definition) is 1. The number of aryl methyl sites for hydroxylation is 1. The number of fused-ring (bicyclic) bond motifs is 1. The van der Waals surface area contributed by atoms with Crippen LogP contribution in [0.25, 0.3) is 0 Å². The molecule has 3 atom stereocenters. The van der Waals surface area contributed by atoms with Crippen molar-refractivity contribution >= 4 is 17.2 Å². The topological polar surface area (TPSA) is 49.6 Å². The Balaban J connectivity index is 1.79. The fourth-order valence-corrected chi connectivity index (χ4v) is 4.73. The van der Waals surface area contributed by atoms with Gasteiger partial charge in [-0.3, -0.25) is 9.69 Å². The molecule has 2 saturated heterocycles. The highest BCUT2D eigenvalue weighted by atomic mass is 32.1. The van der Waals surface area contributed by atoms with E-state index in [9.17, 15) is 4.79 Å². The number of carbonyl (C=O) groups excluding carboxylic acids is 1. The Morgan fingerprint density at radius 2 is 2.24 bits per heavy atom. The first-order chi connectivity index (χ1) is 10.1. The SMILES string of the molecule is CCC(N)C(c1ccc(C)s1)N1CCN2C(=O)CCC2C1. The van der Waals surface area contributed by atoms with Gasteiger partial charge in [-0.05, 0) is 31.9 Å². The van der Waals surface area contributed by atoms with Crippen LogP contribution >= 0.6 is 11.3 Å². The molecule has 0 aromatic carbocycles. The van der Waals surface area contributed by atoms with Crippen molar-refractivity contribution in [1.82, 2.24) is 9.80 Å². The number of rotatable bonds is 4. The normalized spacial score (nSPS) is 26.0. The summed E-state index contributed by atoms with van der Waals surface area (Å²) in [6, 6.07) is 5.27. The zero-order valence-electron chi connectivity index (χ0n) is 12.9. The summed E-state index contributed by atoms with van der Waals surface area (Å²) in [4.78, 5) is 19.1. The Morgan fingerprint density at radius 3 is 2.90 bits per heavy atom. The van der Waals surface area contributed by atoms with Gasteiger partial charge in [0.25, 0.3) is 0 Å². The van der Waals surface area contributed by atoms with Gasteiger partial charge in [-0.25, -0.2) is 0 Å². The Bertz CT molecular complexity index is 515. The van der Waals surface area contributed by atoms with Crippen LogP contribution in [0.3, 0.4) is 0 Å². The number of nitrogens with two attached hydrogens (primary N) is 1. The lowest BCUT2D eigenvalue weighted by Crippen LogP contribution is -2.54. The molecule has 0 spiro atoms. The predicted octanol–water partition coefficient (Wildman–Crippen LogP) is 2.14. The minimum Gasteiger partial charge on any atom is -0.337 e. The van der Waals surface area contributed by atoms with Gasteiger partial charge in [0.1, 0.15) is 0 Å². The van der Waals surface area contributed by atoms with Gasteiger partial charge in [0, 0.05) is 47.9 Å². The van der Waals surface area contributed by atoms with Gasteiger partial charge in [0.2, 0.25) is 5.91 Å². The zero-order valence-corrected chi connectivity index (χ0v) is 13.7. The molecule has 2 fully saturated rings. The molecule has 3 heterocycles. The molecule has 21 heavy (non-hydrogen) atoms. The van der Waals surface area contributed by atoms with Crippen molar-refractivity contribution in [3.63, 3.8) is 0 Å². The van der Waals surface area contributed by atoms with Crippen molar-refractivity contribution in [3.8, 4) is 0 Å². The Kier molecular flexibility index (Phi) is 4.33. The lowest BCUT2D eigenvalue weighted by atomic mass is 10.0. The molecule has 2 aliphatic rings. The third-order valence-corrected chi connectivity index (χ3v) is 5.92. The summed E-state index contributed by atoms with van der Waals surface area (Å²) in [5.41, 5.74) is 6.44. The summed E-state index contributed by atoms with van der Waals surface area (Å²) < 4.78 is 0. The average molecular weight is 307 g/mol. The van der Waals surface area contributed by atoms with Gasteiger partial charge in [-0.2, -0.15) is 0 Å². The van der Waals surface area contributed by atoms with Crippen molar-refractivity contribution < 1.29 is 4.79 Å². The molecule has 5 heteroatoms. The van der Waals surface area contributed by atoms with Crippen LogP contribution in [-0.4, -0.2) is 47.4 Å². The third-order valence-electron chi connectivity index (χ3n) is 4.85. The maximum Gasteiger partial charge on any atom is 0.222 e. The van der Waals surface area contributed by atoms with E-state index < -0.39 is 0 Å². The van der Waals surface area contributed by atoms with E-state index in [2.05, 4.69) is 35.8 Å². The van der Waals surface area contributed by atoms with Gasteiger partial charge >= 0.3 is 0 Å². The van der Waals surface area contributed by atoms with Crippen molar-refractivity contribution in [2.24, 2.45) is 5.73 Å². The van der Waals surface area contributed by atoms with E-state index in [-0.39, 0.29) is 6.04 Å². The molecule has 0 aliphatic carbocycles. The molecular formula is C16H25N3OS. The first-order valence-corrected chi connectivity index (χ1v) is 8.77. The number of amides is 1. The van der Waals surface area contributed by atoms with E-state index in [1.165, 1.54) is 9.75 Å². The maximum absolute atomic E-state index is 11.8. The highest BCUT2D eigenvalue weighted by Gasteiger charge is 2.39. The second-order valence-corrected chi connectivity index (χ2v) is 7.56. The molecule has 0 radical (unpaired) electrons. The second-order valence-electron chi connectivity index (χ2n) is 6.24. The van der Waals surface area contributed by atoms with E-state index in [0.29, 0.717) is 18.0 Å². The van der Waals surface area contributed by atoms with E-state index in [0.717, 1.165) is 38.9 Å². The summed E-state index contributed by atoms with van der Waals surface area (Å²) in [5.74, 6) is 0.336. The number of piperazine rings is 1.